The van der Waals surface area contributed by atoms with Gasteiger partial charge < -0.3 is 19.5 Å². The maximum absolute atomic E-state index is 12.7. The van der Waals surface area contributed by atoms with Gasteiger partial charge in [0.1, 0.15) is 18.8 Å². The summed E-state index contributed by atoms with van der Waals surface area (Å²) in [6, 6.07) is 18.2. The lowest BCUT2D eigenvalue weighted by atomic mass is 9.89. The Balaban J connectivity index is 1.24. The molecule has 3 aromatic rings. The smallest absolute Gasteiger partial charge is 0.409 e. The third-order valence-electron chi connectivity index (χ3n) is 6.13. The van der Waals surface area contributed by atoms with Crippen molar-refractivity contribution in [1.29, 1.82) is 0 Å². The molecule has 8 heteroatoms. The maximum Gasteiger partial charge on any atom is 0.409 e. The largest absolute Gasteiger partial charge is 0.480 e. The summed E-state index contributed by atoms with van der Waals surface area (Å²) in [7, 11) is 0. The lowest BCUT2D eigenvalue weighted by molar-refractivity contribution is -0.165. The van der Waals surface area contributed by atoms with Crippen LogP contribution in [0.15, 0.2) is 60.8 Å². The van der Waals surface area contributed by atoms with Gasteiger partial charge in [0.05, 0.1) is 13.1 Å². The Hall–Kier alpha value is -3.65. The Kier molecular flexibility index (Phi) is 5.14. The van der Waals surface area contributed by atoms with Crippen LogP contribution in [0, 0.1) is 0 Å². The Morgan fingerprint density at radius 1 is 1.06 bits per heavy atom. The van der Waals surface area contributed by atoms with Crippen molar-refractivity contribution in [3.8, 4) is 11.1 Å². The first-order valence-electron chi connectivity index (χ1n) is 10.5. The number of aromatic nitrogens is 2. The molecule has 2 aromatic carbocycles. The summed E-state index contributed by atoms with van der Waals surface area (Å²) >= 11 is 0. The van der Waals surface area contributed by atoms with Gasteiger partial charge in [-0.15, -0.1) is 0 Å². The SMILES string of the molecule is O=C(O)COC1(Cc2ccn[nH]2)CN(C(=O)OCC2c3ccccc3-c3ccccc32)C1. The average Bonchev–Trinajstić information content (AvgIpc) is 3.39. The highest BCUT2D eigenvalue weighted by Crippen LogP contribution is 2.44. The standard InChI is InChI=1S/C24H23N3O5/c28-22(29)13-32-24(11-16-9-10-25-26-16)14-27(15-24)23(30)31-12-21-19-7-3-1-5-17(19)18-6-2-4-8-20(18)21/h1-10,21H,11-15H2,(H,25,26)(H,28,29). The van der Waals surface area contributed by atoms with E-state index >= 15 is 0 Å². The van der Waals surface area contributed by atoms with E-state index < -0.39 is 24.3 Å². The quantitative estimate of drug-likeness (QED) is 0.593. The molecule has 1 fully saturated rings. The van der Waals surface area contributed by atoms with Crippen LogP contribution in [0.2, 0.25) is 0 Å². The molecule has 0 spiro atoms. The zero-order valence-corrected chi connectivity index (χ0v) is 17.4. The van der Waals surface area contributed by atoms with E-state index in [1.54, 1.807) is 11.1 Å². The number of carbonyl (C=O) groups is 2. The number of H-pyrrole nitrogens is 1. The second kappa shape index (κ2) is 8.12. The van der Waals surface area contributed by atoms with E-state index in [2.05, 4.69) is 34.5 Å². The van der Waals surface area contributed by atoms with Crippen LogP contribution in [0.4, 0.5) is 4.79 Å². The number of ether oxygens (including phenoxy) is 2. The normalized spacial score (nSPS) is 16.2. The molecular weight excluding hydrogens is 410 g/mol. The number of hydrogen-bond donors (Lipinski definition) is 2. The zero-order chi connectivity index (χ0) is 22.1. The minimum Gasteiger partial charge on any atom is -0.480 e. The third-order valence-corrected chi connectivity index (χ3v) is 6.13. The Labute approximate surface area is 184 Å². The van der Waals surface area contributed by atoms with Gasteiger partial charge in [0, 0.05) is 24.2 Å². The summed E-state index contributed by atoms with van der Waals surface area (Å²) in [6.07, 6.45) is 1.64. The van der Waals surface area contributed by atoms with E-state index in [0.717, 1.165) is 16.8 Å². The molecule has 1 saturated heterocycles. The number of nitrogens with one attached hydrogen (secondary N) is 1. The topological polar surface area (TPSA) is 105 Å². The summed E-state index contributed by atoms with van der Waals surface area (Å²) in [4.78, 5) is 25.3. The van der Waals surface area contributed by atoms with Crippen LogP contribution in [0.3, 0.4) is 0 Å². The average molecular weight is 433 g/mol. The van der Waals surface area contributed by atoms with Crippen LogP contribution in [-0.2, 0) is 20.7 Å². The number of rotatable bonds is 7. The molecule has 1 amide bonds. The molecule has 1 aliphatic heterocycles. The fraction of sp³-hybridized carbons (Fsp3) is 0.292. The first kappa shape index (κ1) is 20.3. The monoisotopic (exact) mass is 433 g/mol. The Morgan fingerprint density at radius 3 is 2.31 bits per heavy atom. The number of amides is 1. The molecule has 1 aromatic heterocycles. The van der Waals surface area contributed by atoms with Crippen molar-refractivity contribution < 1.29 is 24.2 Å². The number of fused-ring (bicyclic) bond motifs is 3. The Bertz CT molecular complexity index is 1090. The highest BCUT2D eigenvalue weighted by atomic mass is 16.6. The molecule has 5 rings (SSSR count). The van der Waals surface area contributed by atoms with Gasteiger partial charge in [-0.25, -0.2) is 9.59 Å². The van der Waals surface area contributed by atoms with Gasteiger partial charge in [-0.05, 0) is 28.3 Å². The number of carboxylic acid groups (broad SMARTS) is 1. The molecule has 0 atom stereocenters. The molecule has 2 aliphatic rings. The van der Waals surface area contributed by atoms with Gasteiger partial charge in [-0.2, -0.15) is 5.10 Å². The number of nitrogens with zero attached hydrogens (tertiary/aromatic N) is 2. The molecule has 0 unspecified atom stereocenters. The summed E-state index contributed by atoms with van der Waals surface area (Å²) in [5, 5.41) is 15.8. The summed E-state index contributed by atoms with van der Waals surface area (Å²) in [6.45, 7) is 0.339. The summed E-state index contributed by atoms with van der Waals surface area (Å²) < 4.78 is 11.3. The van der Waals surface area contributed by atoms with E-state index in [9.17, 15) is 9.59 Å². The molecule has 0 bridgehead atoms. The van der Waals surface area contributed by atoms with Crippen molar-refractivity contribution in [2.24, 2.45) is 0 Å². The molecule has 2 N–H and O–H groups in total. The van der Waals surface area contributed by atoms with Gasteiger partial charge >= 0.3 is 12.1 Å². The molecule has 0 saturated carbocycles. The predicted molar refractivity (Wildman–Crippen MR) is 115 cm³/mol. The number of carboxylic acids is 1. The molecular formula is C24H23N3O5. The van der Waals surface area contributed by atoms with Crippen LogP contribution in [-0.4, -0.2) is 64.2 Å². The fourth-order valence-electron chi connectivity index (χ4n) is 4.66. The molecule has 32 heavy (non-hydrogen) atoms. The summed E-state index contributed by atoms with van der Waals surface area (Å²) in [5.74, 6) is -1.06. The van der Waals surface area contributed by atoms with Crippen LogP contribution in [0.25, 0.3) is 11.1 Å². The van der Waals surface area contributed by atoms with Crippen molar-refractivity contribution in [1.82, 2.24) is 15.1 Å². The molecule has 8 nitrogen and oxygen atoms in total. The van der Waals surface area contributed by atoms with Crippen molar-refractivity contribution in [3.05, 3.63) is 77.6 Å². The van der Waals surface area contributed by atoms with E-state index in [-0.39, 0.29) is 25.6 Å². The predicted octanol–water partition coefficient (Wildman–Crippen LogP) is 3.06. The van der Waals surface area contributed by atoms with Gasteiger partial charge in [-0.1, -0.05) is 48.5 Å². The highest BCUT2D eigenvalue weighted by Gasteiger charge is 2.48. The number of benzene rings is 2. The van der Waals surface area contributed by atoms with Crippen LogP contribution in [0.1, 0.15) is 22.7 Å². The lowest BCUT2D eigenvalue weighted by Crippen LogP contribution is -2.66. The van der Waals surface area contributed by atoms with Crippen LogP contribution >= 0.6 is 0 Å². The van der Waals surface area contributed by atoms with Crippen molar-refractivity contribution in [3.63, 3.8) is 0 Å². The lowest BCUT2D eigenvalue weighted by Gasteiger charge is -2.48. The van der Waals surface area contributed by atoms with Crippen molar-refractivity contribution in [2.45, 2.75) is 17.9 Å². The zero-order valence-electron chi connectivity index (χ0n) is 17.4. The highest BCUT2D eigenvalue weighted by molar-refractivity contribution is 5.79. The number of likely N-dealkylation sites (tertiary alicyclic amines) is 1. The molecule has 2 heterocycles. The van der Waals surface area contributed by atoms with Crippen LogP contribution < -0.4 is 0 Å². The van der Waals surface area contributed by atoms with E-state index in [1.165, 1.54) is 11.1 Å². The number of carbonyl (C=O) groups excluding carboxylic acids is 1. The number of aromatic amines is 1. The second-order valence-corrected chi connectivity index (χ2v) is 8.28. The van der Waals surface area contributed by atoms with E-state index in [1.807, 2.05) is 30.3 Å². The van der Waals surface area contributed by atoms with Gasteiger partial charge in [0.25, 0.3) is 0 Å². The van der Waals surface area contributed by atoms with Crippen molar-refractivity contribution in [2.75, 3.05) is 26.3 Å². The Morgan fingerprint density at radius 2 is 1.72 bits per heavy atom. The second-order valence-electron chi connectivity index (χ2n) is 8.28. The first-order chi connectivity index (χ1) is 15.5. The first-order valence-corrected chi connectivity index (χ1v) is 10.5. The van der Waals surface area contributed by atoms with Gasteiger partial charge in [0.2, 0.25) is 0 Å². The van der Waals surface area contributed by atoms with Gasteiger partial charge in [0.15, 0.2) is 0 Å². The number of hydrogen-bond acceptors (Lipinski definition) is 5. The summed E-state index contributed by atoms with van der Waals surface area (Å²) in [5.41, 5.74) is 4.72. The fourth-order valence-corrected chi connectivity index (χ4v) is 4.66. The van der Waals surface area contributed by atoms with Gasteiger partial charge in [-0.3, -0.25) is 5.10 Å². The molecule has 0 radical (unpaired) electrons. The van der Waals surface area contributed by atoms with Crippen molar-refractivity contribution >= 4 is 12.1 Å². The third kappa shape index (κ3) is 3.73. The molecule has 164 valence electrons. The minimum absolute atomic E-state index is 0.00867. The number of aliphatic carboxylic acids is 1. The minimum atomic E-state index is -1.05. The maximum atomic E-state index is 12.7. The van der Waals surface area contributed by atoms with Crippen LogP contribution in [0.5, 0.6) is 0 Å². The van der Waals surface area contributed by atoms with E-state index in [0.29, 0.717) is 6.42 Å². The molecule has 1 aliphatic carbocycles. The van der Waals surface area contributed by atoms with E-state index in [4.69, 9.17) is 14.6 Å².